The molecule has 1 unspecified atom stereocenters. The number of sulfonamides is 1. The van der Waals surface area contributed by atoms with Crippen LogP contribution in [0.15, 0.2) is 52.7 Å². The Balaban J connectivity index is 1.50. The number of nitrogens with one attached hydrogen (secondary N) is 3. The number of fused-ring (bicyclic) bond motifs is 3. The van der Waals surface area contributed by atoms with Crippen molar-refractivity contribution in [3.05, 3.63) is 93.3 Å². The number of nitrogens with zero attached hydrogens (tertiary/aromatic N) is 1. The van der Waals surface area contributed by atoms with Crippen molar-refractivity contribution in [1.82, 2.24) is 15.4 Å². The van der Waals surface area contributed by atoms with E-state index < -0.39 is 101 Å². The first kappa shape index (κ1) is 47.5. The number of nitriles is 1. The van der Waals surface area contributed by atoms with Gasteiger partial charge in [-0.3, -0.25) is 28.8 Å². The van der Waals surface area contributed by atoms with E-state index in [2.05, 4.69) is 10.6 Å². The Labute approximate surface area is 380 Å². The van der Waals surface area contributed by atoms with Crippen LogP contribution in [0.1, 0.15) is 48.5 Å². The van der Waals surface area contributed by atoms with Gasteiger partial charge in [-0.2, -0.15) is 9.98 Å². The molecule has 0 spiro atoms. The highest BCUT2D eigenvalue weighted by Gasteiger charge is 2.34. The van der Waals surface area contributed by atoms with E-state index >= 15 is 0 Å². The second-order valence-corrected chi connectivity index (χ2v) is 19.6. The molecule has 2 amide bonds. The Hall–Kier alpha value is -7.42. The highest BCUT2D eigenvalue weighted by Crippen LogP contribution is 2.48. The number of hydrogen-bond acceptors (Lipinski definition) is 14. The van der Waals surface area contributed by atoms with Crippen LogP contribution in [0.4, 0.5) is 4.39 Å². The number of amides is 2. The minimum atomic E-state index is -4.90. The number of halogens is 1. The van der Waals surface area contributed by atoms with Gasteiger partial charge in [0.1, 0.15) is 52.8 Å². The molecule has 8 N–H and O–H groups in total. The number of hydrogen-bond donors (Lipinski definition) is 8. The monoisotopic (exact) mass is 980 g/mol. The third kappa shape index (κ3) is 10.2. The lowest BCUT2D eigenvalue weighted by molar-refractivity contribution is -0.137. The number of aliphatic carboxylic acids is 4. The Morgan fingerprint density at radius 2 is 1.25 bits per heavy atom. The second kappa shape index (κ2) is 18.8. The summed E-state index contributed by atoms with van der Waals surface area (Å²) in [7, 11) is -9.63. The van der Waals surface area contributed by atoms with Crippen molar-refractivity contribution in [1.29, 1.82) is 5.26 Å². The molecule has 2 aliphatic heterocycles. The molecule has 0 fully saturated rings. The first-order chi connectivity index (χ1) is 31.7. The molecule has 1 atom stereocenters. The predicted octanol–water partition coefficient (Wildman–Crippen LogP) is 3.50. The highest BCUT2D eigenvalue weighted by atomic mass is 32.2. The third-order valence-electron chi connectivity index (χ3n) is 10.3. The second-order valence-electron chi connectivity index (χ2n) is 14.8. The van der Waals surface area contributed by atoms with Crippen LogP contribution in [0.25, 0.3) is 32.3 Å². The number of rotatable bonds is 16. The maximum Gasteiger partial charge on any atom is 0.391 e. The van der Waals surface area contributed by atoms with Crippen LogP contribution in [-0.2, 0) is 59.4 Å². The van der Waals surface area contributed by atoms with Crippen molar-refractivity contribution < 1.29 is 85.5 Å². The summed E-state index contributed by atoms with van der Waals surface area (Å²) in [5.74, 6) is -9.33. The molecule has 1 aromatic heterocycles. The van der Waals surface area contributed by atoms with Crippen LogP contribution in [0.3, 0.4) is 0 Å². The maximum atomic E-state index is 14.2. The van der Waals surface area contributed by atoms with E-state index in [9.17, 15) is 71.5 Å². The number of thiophene rings is 1. The fourth-order valence-corrected chi connectivity index (χ4v) is 11.6. The van der Waals surface area contributed by atoms with Gasteiger partial charge in [0.05, 0.1) is 55.5 Å². The summed E-state index contributed by atoms with van der Waals surface area (Å²) < 4.78 is 73.2. The lowest BCUT2D eigenvalue weighted by atomic mass is 9.81. The zero-order chi connectivity index (χ0) is 48.5. The van der Waals surface area contributed by atoms with E-state index in [0.717, 1.165) is 18.2 Å². The first-order valence-electron chi connectivity index (χ1n) is 19.5. The van der Waals surface area contributed by atoms with Crippen LogP contribution in [0.5, 0.6) is 17.2 Å². The molecule has 21 nitrogen and oxygen atoms in total. The van der Waals surface area contributed by atoms with Crippen molar-refractivity contribution in [3.63, 3.8) is 0 Å². The largest absolute Gasteiger partial charge is 0.491 e. The fourth-order valence-electron chi connectivity index (χ4n) is 7.66. The smallest absolute Gasteiger partial charge is 0.391 e. The minimum absolute atomic E-state index is 0.0270. The van der Waals surface area contributed by atoms with E-state index in [1.165, 1.54) is 24.3 Å². The average molecular weight is 981 g/mol. The highest BCUT2D eigenvalue weighted by molar-refractivity contribution is 7.92. The Bertz CT molecular complexity index is 3040. The molecule has 25 heteroatoms. The Morgan fingerprint density at radius 3 is 1.73 bits per heavy atom. The van der Waals surface area contributed by atoms with Gasteiger partial charge in [0.15, 0.2) is 0 Å². The number of carboxylic acids is 4. The zero-order valence-corrected chi connectivity index (χ0v) is 36.7. The molecule has 348 valence electrons. The van der Waals surface area contributed by atoms with Crippen LogP contribution in [-0.4, -0.2) is 102 Å². The van der Waals surface area contributed by atoms with E-state index in [0.29, 0.717) is 17.4 Å². The molecule has 7 rings (SSSR count). The van der Waals surface area contributed by atoms with Gasteiger partial charge in [0.2, 0.25) is 0 Å². The fraction of sp³-hybridized carbons (Fsp3) is 0.214. The van der Waals surface area contributed by atoms with Crippen molar-refractivity contribution >= 4 is 74.7 Å². The number of carbonyl (C=O) groups excluding carboxylic acids is 2. The van der Waals surface area contributed by atoms with Gasteiger partial charge in [-0.05, 0) is 92.4 Å². The Kier molecular flexibility index (Phi) is 13.4. The molecular formula is C42H34FN4O17PS2. The van der Waals surface area contributed by atoms with Gasteiger partial charge in [0, 0.05) is 10.8 Å². The quantitative estimate of drug-likeness (QED) is 0.0656. The standard InChI is InChI=1S/C42H34FN4O17PS2/c43-30-9-21(2-1-19(30)17-44)64-65(58,59)18-47-67(60,61)38-8-20-7-22(23-10-31-39(41(56)45-3-5-62-31)28(15-36(52)53)26(23)13-34(48)49)25(12-33(20)66-38)24-11-32-40(42(57)46-4-6-63-32)29(16-37(54)55)27(24)14-35(50)51/h1-2,7-12,47H,3-6,13-16,18H2,(H,45,56)(H,46,57)(H,48,49)(H,50,51)(H,52,53)(H,54,55)(H,58,59). The van der Waals surface area contributed by atoms with Crippen LogP contribution >= 0.6 is 18.9 Å². The lowest BCUT2D eigenvalue weighted by Crippen LogP contribution is -2.26. The van der Waals surface area contributed by atoms with E-state index in [1.807, 2.05) is 4.72 Å². The summed E-state index contributed by atoms with van der Waals surface area (Å²) in [6.45, 7) is -0.285. The molecule has 0 bridgehead atoms. The molecule has 0 saturated carbocycles. The molecule has 67 heavy (non-hydrogen) atoms. The summed E-state index contributed by atoms with van der Waals surface area (Å²) in [6, 6.07) is 10.6. The topological polar surface area (TPSA) is 342 Å². The first-order valence-corrected chi connectivity index (χ1v) is 23.6. The van der Waals surface area contributed by atoms with E-state index in [1.54, 1.807) is 6.07 Å². The summed E-state index contributed by atoms with van der Waals surface area (Å²) >= 11 is 0.599. The van der Waals surface area contributed by atoms with Crippen LogP contribution in [0, 0.1) is 17.1 Å². The molecule has 0 aliphatic carbocycles. The third-order valence-corrected chi connectivity index (χ3v) is 14.6. The SMILES string of the molecule is N#Cc1ccc(OP(=O)(O)CNS(=O)(=O)c2cc3cc(-c4cc5c(c(CC(=O)O)c4CC(=O)O)C(=O)NCCO5)c(-c4cc5c(c(CC(=O)O)c4CC(=O)O)C(=O)NCCO5)cc3s2)cc1F. The summed E-state index contributed by atoms with van der Waals surface area (Å²) in [5.41, 5.74) is -2.09. The van der Waals surface area contributed by atoms with Crippen LogP contribution in [0.2, 0.25) is 0 Å². The van der Waals surface area contributed by atoms with E-state index in [4.69, 9.17) is 19.3 Å². The van der Waals surface area contributed by atoms with Gasteiger partial charge in [-0.25, -0.2) is 17.4 Å². The van der Waals surface area contributed by atoms with Gasteiger partial charge < -0.3 is 50.0 Å². The molecular weight excluding hydrogens is 947 g/mol. The Morgan fingerprint density at radius 1 is 0.761 bits per heavy atom. The van der Waals surface area contributed by atoms with E-state index in [-0.39, 0.29) is 109 Å². The van der Waals surface area contributed by atoms with Crippen LogP contribution < -0.4 is 29.4 Å². The predicted molar refractivity (Wildman–Crippen MR) is 230 cm³/mol. The summed E-state index contributed by atoms with van der Waals surface area (Å²) in [4.78, 5) is 87.5. The van der Waals surface area contributed by atoms with Crippen molar-refractivity contribution in [2.24, 2.45) is 0 Å². The molecule has 2 aliphatic rings. The molecule has 3 heterocycles. The van der Waals surface area contributed by atoms with Gasteiger partial charge >= 0.3 is 31.5 Å². The van der Waals surface area contributed by atoms with Crippen molar-refractivity contribution in [2.45, 2.75) is 29.9 Å². The molecule has 5 aromatic rings. The normalized spacial score (nSPS) is 14.3. The van der Waals surface area contributed by atoms with Crippen molar-refractivity contribution in [3.8, 4) is 45.6 Å². The van der Waals surface area contributed by atoms with Crippen molar-refractivity contribution in [2.75, 3.05) is 32.6 Å². The summed E-state index contributed by atoms with van der Waals surface area (Å²) in [5, 5.41) is 54.9. The van der Waals surface area contributed by atoms with Gasteiger partial charge in [-0.1, -0.05) is 0 Å². The molecule has 0 radical (unpaired) electrons. The van der Waals surface area contributed by atoms with Gasteiger partial charge in [0.25, 0.3) is 21.8 Å². The molecule has 0 saturated heterocycles. The average Bonchev–Trinajstić information content (AvgIpc) is 3.47. The maximum absolute atomic E-state index is 14.2. The summed E-state index contributed by atoms with van der Waals surface area (Å²) in [6.07, 6.45) is -4.83. The number of carboxylic acid groups (broad SMARTS) is 4. The lowest BCUT2D eigenvalue weighted by Gasteiger charge is -2.23. The molecule has 4 aromatic carbocycles. The number of ether oxygens (including phenoxy) is 2. The minimum Gasteiger partial charge on any atom is -0.491 e. The number of carbonyl (C=O) groups is 6. The van der Waals surface area contributed by atoms with Gasteiger partial charge in [-0.15, -0.1) is 11.3 Å². The zero-order valence-electron chi connectivity index (χ0n) is 34.2. The number of benzene rings is 4.